The van der Waals surface area contributed by atoms with Crippen LogP contribution in [-0.2, 0) is 4.74 Å². The number of aromatic hydroxyl groups is 1. The third-order valence-electron chi connectivity index (χ3n) is 3.52. The molecular weight excluding hydrogens is 296 g/mol. The maximum Gasteiger partial charge on any atom is 0.412 e. The molecule has 1 aliphatic heterocycles. The molecule has 0 aliphatic carbocycles. The Morgan fingerprint density at radius 3 is 2.39 bits per heavy atom. The minimum atomic E-state index is -0.605. The Bertz CT molecular complexity index is 587. The van der Waals surface area contributed by atoms with Gasteiger partial charge in [-0.25, -0.2) is 4.79 Å². The highest BCUT2D eigenvalue weighted by atomic mass is 16.6. The summed E-state index contributed by atoms with van der Waals surface area (Å²) in [5.41, 5.74) is 0.0321. The Labute approximate surface area is 136 Å². The number of anilines is 1. The molecule has 0 radical (unpaired) electrons. The second kappa shape index (κ2) is 6.89. The van der Waals surface area contributed by atoms with Crippen LogP contribution in [0.4, 0.5) is 10.5 Å². The lowest BCUT2D eigenvalue weighted by Gasteiger charge is -2.27. The zero-order valence-electron chi connectivity index (χ0n) is 13.9. The summed E-state index contributed by atoms with van der Waals surface area (Å²) >= 11 is 0. The lowest BCUT2D eigenvalue weighted by atomic mass is 10.1. The number of amides is 2. The number of benzene rings is 1. The van der Waals surface area contributed by atoms with E-state index in [4.69, 9.17) is 4.74 Å². The fourth-order valence-corrected chi connectivity index (χ4v) is 2.48. The van der Waals surface area contributed by atoms with Crippen molar-refractivity contribution in [1.29, 1.82) is 0 Å². The number of piperidine rings is 1. The number of phenolic OH excluding ortho intramolecular Hbond substituents is 1. The molecule has 2 amide bonds. The van der Waals surface area contributed by atoms with E-state index in [0.717, 1.165) is 32.4 Å². The average molecular weight is 320 g/mol. The van der Waals surface area contributed by atoms with Crippen molar-refractivity contribution in [3.8, 4) is 5.75 Å². The first-order chi connectivity index (χ1) is 10.8. The summed E-state index contributed by atoms with van der Waals surface area (Å²) in [4.78, 5) is 25.9. The predicted octanol–water partition coefficient (Wildman–Crippen LogP) is 3.37. The summed E-state index contributed by atoms with van der Waals surface area (Å²) < 4.78 is 5.15. The summed E-state index contributed by atoms with van der Waals surface area (Å²) in [6.07, 6.45) is 2.51. The van der Waals surface area contributed by atoms with Crippen LogP contribution in [0.15, 0.2) is 18.2 Å². The second-order valence-corrected chi connectivity index (χ2v) is 6.71. The molecule has 2 N–H and O–H groups in total. The molecule has 126 valence electrons. The monoisotopic (exact) mass is 320 g/mol. The van der Waals surface area contributed by atoms with E-state index in [9.17, 15) is 14.7 Å². The number of carbonyl (C=O) groups excluding carboxylic acids is 2. The fraction of sp³-hybridized carbons (Fsp3) is 0.529. The third-order valence-corrected chi connectivity index (χ3v) is 3.52. The number of hydrogen-bond donors (Lipinski definition) is 2. The molecule has 1 aromatic rings. The molecule has 1 heterocycles. The van der Waals surface area contributed by atoms with Gasteiger partial charge in [-0.3, -0.25) is 10.1 Å². The summed E-state index contributed by atoms with van der Waals surface area (Å²) in [6, 6.07) is 4.47. The first-order valence-electron chi connectivity index (χ1n) is 7.88. The Kier molecular flexibility index (Phi) is 5.13. The maximum absolute atomic E-state index is 12.4. The molecule has 2 rings (SSSR count). The molecule has 0 atom stereocenters. The molecule has 0 unspecified atom stereocenters. The van der Waals surface area contributed by atoms with Crippen LogP contribution in [0.5, 0.6) is 5.75 Å². The molecule has 1 aromatic carbocycles. The Balaban J connectivity index is 2.05. The zero-order chi connectivity index (χ0) is 17.0. The highest BCUT2D eigenvalue weighted by Crippen LogP contribution is 2.25. The van der Waals surface area contributed by atoms with E-state index in [1.807, 2.05) is 0 Å². The number of phenols is 1. The molecule has 1 aliphatic rings. The van der Waals surface area contributed by atoms with Crippen molar-refractivity contribution in [3.63, 3.8) is 0 Å². The van der Waals surface area contributed by atoms with Crippen molar-refractivity contribution in [1.82, 2.24) is 4.90 Å². The predicted molar refractivity (Wildman–Crippen MR) is 87.7 cm³/mol. The summed E-state index contributed by atoms with van der Waals surface area (Å²) in [7, 11) is 0. The van der Waals surface area contributed by atoms with E-state index >= 15 is 0 Å². The van der Waals surface area contributed by atoms with Gasteiger partial charge in [-0.2, -0.15) is 0 Å². The third kappa shape index (κ3) is 4.87. The van der Waals surface area contributed by atoms with Gasteiger partial charge in [0, 0.05) is 24.8 Å². The number of ether oxygens (including phenoxy) is 1. The molecular formula is C17H24N2O4. The van der Waals surface area contributed by atoms with Gasteiger partial charge >= 0.3 is 6.09 Å². The van der Waals surface area contributed by atoms with Crippen LogP contribution < -0.4 is 5.32 Å². The van der Waals surface area contributed by atoms with Crippen molar-refractivity contribution in [2.45, 2.75) is 45.6 Å². The van der Waals surface area contributed by atoms with Crippen molar-refractivity contribution in [3.05, 3.63) is 23.8 Å². The molecule has 1 saturated heterocycles. The van der Waals surface area contributed by atoms with Gasteiger partial charge in [0.15, 0.2) is 0 Å². The normalized spacial score (nSPS) is 15.2. The summed E-state index contributed by atoms with van der Waals surface area (Å²) in [5, 5.41) is 12.6. The fourth-order valence-electron chi connectivity index (χ4n) is 2.48. The van der Waals surface area contributed by atoms with Crippen molar-refractivity contribution in [2.75, 3.05) is 18.4 Å². The van der Waals surface area contributed by atoms with Crippen LogP contribution in [-0.4, -0.2) is 40.7 Å². The van der Waals surface area contributed by atoms with E-state index in [0.29, 0.717) is 5.69 Å². The quantitative estimate of drug-likeness (QED) is 0.875. The molecule has 1 fully saturated rings. The Morgan fingerprint density at radius 1 is 1.17 bits per heavy atom. The second-order valence-electron chi connectivity index (χ2n) is 6.71. The van der Waals surface area contributed by atoms with Crippen LogP contribution >= 0.6 is 0 Å². The number of nitrogens with one attached hydrogen (secondary N) is 1. The molecule has 23 heavy (non-hydrogen) atoms. The van der Waals surface area contributed by atoms with Gasteiger partial charge in [0.25, 0.3) is 5.91 Å². The minimum absolute atomic E-state index is 0.144. The van der Waals surface area contributed by atoms with Crippen molar-refractivity contribution < 1.29 is 19.4 Å². The van der Waals surface area contributed by atoms with E-state index in [-0.39, 0.29) is 17.2 Å². The van der Waals surface area contributed by atoms with Gasteiger partial charge < -0.3 is 14.7 Å². The Hall–Kier alpha value is -2.24. The zero-order valence-corrected chi connectivity index (χ0v) is 13.9. The van der Waals surface area contributed by atoms with Crippen LogP contribution in [0.3, 0.4) is 0 Å². The largest absolute Gasteiger partial charge is 0.507 e. The number of hydrogen-bond acceptors (Lipinski definition) is 4. The number of rotatable bonds is 2. The van der Waals surface area contributed by atoms with Crippen molar-refractivity contribution in [2.24, 2.45) is 0 Å². The van der Waals surface area contributed by atoms with E-state index in [1.54, 1.807) is 31.7 Å². The standard InChI is InChI=1S/C17H24N2O4/c1-17(2,3)23-16(22)18-12-7-8-13(14(20)11-12)15(21)19-9-5-4-6-10-19/h7-8,11,20H,4-6,9-10H2,1-3H3,(H,18,22). The van der Waals surface area contributed by atoms with Gasteiger partial charge in [0.1, 0.15) is 11.4 Å². The summed E-state index contributed by atoms with van der Waals surface area (Å²) in [6.45, 7) is 6.74. The minimum Gasteiger partial charge on any atom is -0.507 e. The van der Waals surface area contributed by atoms with Crippen LogP contribution in [0, 0.1) is 0 Å². The smallest absolute Gasteiger partial charge is 0.412 e. The molecule has 6 nitrogen and oxygen atoms in total. The number of carbonyl (C=O) groups is 2. The molecule has 0 saturated carbocycles. The topological polar surface area (TPSA) is 78.9 Å². The number of likely N-dealkylation sites (tertiary alicyclic amines) is 1. The Morgan fingerprint density at radius 2 is 1.83 bits per heavy atom. The molecule has 0 spiro atoms. The van der Waals surface area contributed by atoms with Crippen LogP contribution in [0.25, 0.3) is 0 Å². The van der Waals surface area contributed by atoms with Crippen molar-refractivity contribution >= 4 is 17.7 Å². The van der Waals surface area contributed by atoms with Gasteiger partial charge in [-0.1, -0.05) is 0 Å². The maximum atomic E-state index is 12.4. The van der Waals surface area contributed by atoms with Gasteiger partial charge in [0.2, 0.25) is 0 Å². The first kappa shape index (κ1) is 17.1. The lowest BCUT2D eigenvalue weighted by molar-refractivity contribution is 0.0635. The average Bonchev–Trinajstić information content (AvgIpc) is 2.45. The molecule has 0 bridgehead atoms. The van der Waals surface area contributed by atoms with Gasteiger partial charge in [0.05, 0.1) is 5.56 Å². The van der Waals surface area contributed by atoms with Gasteiger partial charge in [-0.05, 0) is 52.2 Å². The lowest BCUT2D eigenvalue weighted by Crippen LogP contribution is -2.35. The highest BCUT2D eigenvalue weighted by molar-refractivity contribution is 5.98. The molecule has 0 aromatic heterocycles. The number of nitrogens with zero attached hydrogens (tertiary/aromatic N) is 1. The first-order valence-corrected chi connectivity index (χ1v) is 7.88. The van der Waals surface area contributed by atoms with E-state index in [2.05, 4.69) is 5.32 Å². The molecule has 6 heteroatoms. The SMILES string of the molecule is CC(C)(C)OC(=O)Nc1ccc(C(=O)N2CCCCC2)c(O)c1. The van der Waals surface area contributed by atoms with Gasteiger partial charge in [-0.15, -0.1) is 0 Å². The highest BCUT2D eigenvalue weighted by Gasteiger charge is 2.21. The van der Waals surface area contributed by atoms with Crippen LogP contribution in [0.2, 0.25) is 0 Å². The van der Waals surface area contributed by atoms with E-state index < -0.39 is 11.7 Å². The van der Waals surface area contributed by atoms with E-state index in [1.165, 1.54) is 12.1 Å². The van der Waals surface area contributed by atoms with Crippen LogP contribution in [0.1, 0.15) is 50.4 Å². The summed E-state index contributed by atoms with van der Waals surface area (Å²) in [5.74, 6) is -0.319.